The van der Waals surface area contributed by atoms with Gasteiger partial charge in [-0.2, -0.15) is 0 Å². The van der Waals surface area contributed by atoms with E-state index in [0.717, 1.165) is 9.26 Å². The quantitative estimate of drug-likeness (QED) is 0.797. The Morgan fingerprint density at radius 1 is 1.38 bits per heavy atom. The molecule has 0 bridgehead atoms. The number of hydrogen-bond acceptors (Lipinski definition) is 4. The van der Waals surface area contributed by atoms with Crippen LogP contribution in [0.1, 0.15) is 26.5 Å². The second-order valence-corrected chi connectivity index (χ2v) is 6.76. The Hall–Kier alpha value is -1.57. The SMILES string of the molecule is CC(C)(C)c1cc(NC(=O)COc2ccccc2I)on1. The van der Waals surface area contributed by atoms with Crippen LogP contribution in [0.2, 0.25) is 0 Å². The smallest absolute Gasteiger partial charge is 0.264 e. The van der Waals surface area contributed by atoms with Crippen molar-refractivity contribution in [2.75, 3.05) is 11.9 Å². The van der Waals surface area contributed by atoms with Gasteiger partial charge >= 0.3 is 0 Å². The zero-order valence-electron chi connectivity index (χ0n) is 12.1. The Kier molecular flexibility index (Phi) is 4.87. The number of nitrogens with zero attached hydrogens (tertiary/aromatic N) is 1. The van der Waals surface area contributed by atoms with E-state index in [9.17, 15) is 4.79 Å². The minimum Gasteiger partial charge on any atom is -0.483 e. The monoisotopic (exact) mass is 400 g/mol. The maximum atomic E-state index is 11.8. The Morgan fingerprint density at radius 2 is 2.10 bits per heavy atom. The summed E-state index contributed by atoms with van der Waals surface area (Å²) in [5, 5.41) is 6.57. The first-order chi connectivity index (χ1) is 9.86. The third kappa shape index (κ3) is 4.45. The summed E-state index contributed by atoms with van der Waals surface area (Å²) in [6, 6.07) is 9.24. The number of nitrogens with one attached hydrogen (secondary N) is 1. The van der Waals surface area contributed by atoms with Gasteiger partial charge in [-0.05, 0) is 34.7 Å². The highest BCUT2D eigenvalue weighted by Gasteiger charge is 2.19. The predicted octanol–water partition coefficient (Wildman–Crippen LogP) is 3.59. The molecule has 0 unspecified atom stereocenters. The molecule has 0 aliphatic carbocycles. The lowest BCUT2D eigenvalue weighted by molar-refractivity contribution is -0.118. The lowest BCUT2D eigenvalue weighted by Crippen LogP contribution is -2.20. The van der Waals surface area contributed by atoms with Crippen molar-refractivity contribution in [3.05, 3.63) is 39.6 Å². The van der Waals surface area contributed by atoms with E-state index < -0.39 is 0 Å². The molecule has 0 saturated heterocycles. The number of benzene rings is 1. The highest BCUT2D eigenvalue weighted by molar-refractivity contribution is 14.1. The van der Waals surface area contributed by atoms with Gasteiger partial charge < -0.3 is 9.26 Å². The number of ether oxygens (including phenoxy) is 1. The van der Waals surface area contributed by atoms with Crippen molar-refractivity contribution < 1.29 is 14.1 Å². The standard InChI is InChI=1S/C15H17IN2O3/c1-15(2,3)12-8-14(21-18-12)17-13(19)9-20-11-7-5-4-6-10(11)16/h4-8H,9H2,1-3H3,(H,17,19). The van der Waals surface area contributed by atoms with Gasteiger partial charge in [0, 0.05) is 11.5 Å². The lowest BCUT2D eigenvalue weighted by atomic mass is 9.92. The normalized spacial score (nSPS) is 11.2. The third-order valence-corrected chi connectivity index (χ3v) is 3.63. The topological polar surface area (TPSA) is 64.4 Å². The van der Waals surface area contributed by atoms with Gasteiger partial charge in [0.25, 0.3) is 5.91 Å². The van der Waals surface area contributed by atoms with Crippen LogP contribution in [0.3, 0.4) is 0 Å². The summed E-state index contributed by atoms with van der Waals surface area (Å²) in [7, 11) is 0. The fourth-order valence-electron chi connectivity index (χ4n) is 1.57. The molecule has 0 atom stereocenters. The fraction of sp³-hybridized carbons (Fsp3) is 0.333. The average molecular weight is 400 g/mol. The fourth-order valence-corrected chi connectivity index (χ4v) is 2.11. The van der Waals surface area contributed by atoms with E-state index in [1.807, 2.05) is 45.0 Å². The van der Waals surface area contributed by atoms with Gasteiger partial charge in [-0.15, -0.1) is 0 Å². The van der Waals surface area contributed by atoms with Crippen molar-refractivity contribution in [2.24, 2.45) is 0 Å². The van der Waals surface area contributed by atoms with Crippen LogP contribution in [0.25, 0.3) is 0 Å². The Morgan fingerprint density at radius 3 is 2.71 bits per heavy atom. The average Bonchev–Trinajstić information content (AvgIpc) is 2.86. The van der Waals surface area contributed by atoms with E-state index in [1.54, 1.807) is 6.07 Å². The third-order valence-electron chi connectivity index (χ3n) is 2.74. The number of amides is 1. The molecule has 2 aromatic rings. The minimum absolute atomic E-state index is 0.0778. The van der Waals surface area contributed by atoms with Gasteiger partial charge in [0.2, 0.25) is 5.88 Å². The Labute approximate surface area is 137 Å². The first-order valence-electron chi connectivity index (χ1n) is 6.50. The van der Waals surface area contributed by atoms with Crippen LogP contribution < -0.4 is 10.1 Å². The van der Waals surface area contributed by atoms with Gasteiger partial charge in [-0.1, -0.05) is 38.1 Å². The van der Waals surface area contributed by atoms with E-state index in [2.05, 4.69) is 33.1 Å². The van der Waals surface area contributed by atoms with Crippen LogP contribution >= 0.6 is 22.6 Å². The molecule has 1 heterocycles. The number of hydrogen-bond donors (Lipinski definition) is 1. The largest absolute Gasteiger partial charge is 0.483 e. The maximum Gasteiger partial charge on any atom is 0.264 e. The van der Waals surface area contributed by atoms with E-state index in [4.69, 9.17) is 9.26 Å². The zero-order valence-corrected chi connectivity index (χ0v) is 14.3. The Bertz CT molecular complexity index is 632. The van der Waals surface area contributed by atoms with Gasteiger partial charge in [0.05, 0.1) is 9.26 Å². The summed E-state index contributed by atoms with van der Waals surface area (Å²) < 4.78 is 11.5. The van der Waals surface area contributed by atoms with Crippen LogP contribution in [-0.4, -0.2) is 17.7 Å². The molecule has 0 saturated carbocycles. The molecule has 1 aromatic heterocycles. The molecule has 21 heavy (non-hydrogen) atoms. The zero-order chi connectivity index (χ0) is 15.5. The molecule has 0 aliphatic heterocycles. The summed E-state index contributed by atoms with van der Waals surface area (Å²) in [4.78, 5) is 11.8. The van der Waals surface area contributed by atoms with Crippen LogP contribution in [0.4, 0.5) is 5.88 Å². The molecule has 2 rings (SSSR count). The first-order valence-corrected chi connectivity index (χ1v) is 7.58. The van der Waals surface area contributed by atoms with Gasteiger partial charge in [-0.3, -0.25) is 10.1 Å². The van der Waals surface area contributed by atoms with Crippen LogP contribution in [-0.2, 0) is 10.2 Å². The minimum atomic E-state index is -0.286. The van der Waals surface area contributed by atoms with Crippen molar-refractivity contribution in [1.29, 1.82) is 0 Å². The van der Waals surface area contributed by atoms with Crippen molar-refractivity contribution in [1.82, 2.24) is 5.16 Å². The van der Waals surface area contributed by atoms with Gasteiger partial charge in [0.15, 0.2) is 6.61 Å². The summed E-state index contributed by atoms with van der Waals surface area (Å²) >= 11 is 2.16. The first kappa shape index (κ1) is 15.8. The molecule has 5 nitrogen and oxygen atoms in total. The lowest BCUT2D eigenvalue weighted by Gasteiger charge is -2.12. The van der Waals surface area contributed by atoms with Crippen LogP contribution in [0.5, 0.6) is 5.75 Å². The number of rotatable bonds is 4. The maximum absolute atomic E-state index is 11.8. The van der Waals surface area contributed by atoms with E-state index in [0.29, 0.717) is 11.6 Å². The number of halogens is 1. The summed E-state index contributed by atoms with van der Waals surface area (Å²) in [6.07, 6.45) is 0. The van der Waals surface area contributed by atoms with Crippen molar-refractivity contribution >= 4 is 34.4 Å². The second kappa shape index (κ2) is 6.46. The van der Waals surface area contributed by atoms with E-state index in [1.165, 1.54) is 0 Å². The van der Waals surface area contributed by atoms with Crippen LogP contribution in [0, 0.1) is 3.57 Å². The highest BCUT2D eigenvalue weighted by Crippen LogP contribution is 2.23. The molecule has 0 aliphatic rings. The van der Waals surface area contributed by atoms with Crippen molar-refractivity contribution in [3.63, 3.8) is 0 Å². The molecule has 0 radical (unpaired) electrons. The predicted molar refractivity (Wildman–Crippen MR) is 88.5 cm³/mol. The summed E-state index contributed by atoms with van der Waals surface area (Å²) in [6.45, 7) is 6.00. The van der Waals surface area contributed by atoms with Crippen molar-refractivity contribution in [3.8, 4) is 5.75 Å². The molecular weight excluding hydrogens is 383 g/mol. The summed E-state index contributed by atoms with van der Waals surface area (Å²) in [5.41, 5.74) is 0.666. The molecule has 0 fully saturated rings. The number of carbonyl (C=O) groups excluding carboxylic acids is 1. The van der Waals surface area contributed by atoms with E-state index in [-0.39, 0.29) is 17.9 Å². The molecule has 112 valence electrons. The molecular formula is C15H17IN2O3. The van der Waals surface area contributed by atoms with Crippen molar-refractivity contribution in [2.45, 2.75) is 26.2 Å². The number of para-hydroxylation sites is 1. The molecule has 6 heteroatoms. The van der Waals surface area contributed by atoms with Gasteiger partial charge in [-0.25, -0.2) is 0 Å². The Balaban J connectivity index is 1.90. The van der Waals surface area contributed by atoms with Gasteiger partial charge in [0.1, 0.15) is 5.75 Å². The molecule has 0 spiro atoms. The second-order valence-electron chi connectivity index (χ2n) is 5.59. The number of anilines is 1. The van der Waals surface area contributed by atoms with Crippen LogP contribution in [0.15, 0.2) is 34.9 Å². The summed E-state index contributed by atoms with van der Waals surface area (Å²) in [5.74, 6) is 0.726. The number of aromatic nitrogens is 1. The number of carbonyl (C=O) groups is 1. The van der Waals surface area contributed by atoms with E-state index >= 15 is 0 Å². The highest BCUT2D eigenvalue weighted by atomic mass is 127. The molecule has 1 aromatic carbocycles. The molecule has 1 amide bonds. The molecule has 1 N–H and O–H groups in total.